The molecule has 0 saturated heterocycles. The summed E-state index contributed by atoms with van der Waals surface area (Å²) >= 11 is 0. The molecule has 2 aromatic rings. The summed E-state index contributed by atoms with van der Waals surface area (Å²) in [4.78, 5) is 7.86. The van der Waals surface area contributed by atoms with Crippen LogP contribution in [0.3, 0.4) is 0 Å². The molecule has 0 fully saturated rings. The molecule has 0 amide bonds. The summed E-state index contributed by atoms with van der Waals surface area (Å²) < 4.78 is 0. The van der Waals surface area contributed by atoms with E-state index in [9.17, 15) is 0 Å². The maximum Gasteiger partial charge on any atom is 0.106 e. The largest absolute Gasteiger partial charge is 0.342 e. The molecule has 2 rings (SSSR count). The molecule has 0 aliphatic carbocycles. The van der Waals surface area contributed by atoms with E-state index >= 15 is 0 Å². The van der Waals surface area contributed by atoms with Crippen molar-refractivity contribution in [2.75, 3.05) is 6.54 Å². The monoisotopic (exact) mass is 257 g/mol. The lowest BCUT2D eigenvalue weighted by Gasteiger charge is -1.99. The third-order valence-corrected chi connectivity index (χ3v) is 3.36. The van der Waals surface area contributed by atoms with Crippen LogP contribution in [0.15, 0.2) is 30.5 Å². The van der Waals surface area contributed by atoms with Gasteiger partial charge >= 0.3 is 0 Å². The highest BCUT2D eigenvalue weighted by atomic mass is 14.9. The van der Waals surface area contributed by atoms with Crippen LogP contribution in [0.25, 0.3) is 11.3 Å². The zero-order valence-electron chi connectivity index (χ0n) is 11.7. The summed E-state index contributed by atoms with van der Waals surface area (Å²) in [5.74, 6) is 1.09. The number of aromatic amines is 1. The summed E-state index contributed by atoms with van der Waals surface area (Å²) in [6, 6.07) is 8.52. The normalized spacial score (nSPS) is 10.8. The topological polar surface area (TPSA) is 54.7 Å². The van der Waals surface area contributed by atoms with Crippen LogP contribution >= 0.6 is 0 Å². The van der Waals surface area contributed by atoms with E-state index in [4.69, 9.17) is 5.73 Å². The minimum atomic E-state index is 0.804. The van der Waals surface area contributed by atoms with Gasteiger partial charge in [0.05, 0.1) is 11.9 Å². The number of rotatable bonds is 7. The van der Waals surface area contributed by atoms with Gasteiger partial charge < -0.3 is 10.7 Å². The third-order valence-electron chi connectivity index (χ3n) is 3.36. The first-order valence-corrected chi connectivity index (χ1v) is 7.10. The lowest BCUT2D eigenvalue weighted by Crippen LogP contribution is -1.98. The van der Waals surface area contributed by atoms with Crippen LogP contribution in [-0.2, 0) is 6.42 Å². The van der Waals surface area contributed by atoms with E-state index in [1.54, 1.807) is 0 Å². The predicted octanol–water partition coefficient (Wildman–Crippen LogP) is 3.45. The number of hydrogen-bond acceptors (Lipinski definition) is 2. The maximum absolute atomic E-state index is 5.48. The van der Waals surface area contributed by atoms with Gasteiger partial charge in [0.25, 0.3) is 0 Å². The van der Waals surface area contributed by atoms with Crippen molar-refractivity contribution in [1.82, 2.24) is 9.97 Å². The van der Waals surface area contributed by atoms with Gasteiger partial charge in [0, 0.05) is 6.42 Å². The van der Waals surface area contributed by atoms with Crippen molar-refractivity contribution in [3.8, 4) is 11.3 Å². The van der Waals surface area contributed by atoms with Crippen LogP contribution in [0.5, 0.6) is 0 Å². The Labute approximate surface area is 115 Å². The summed E-state index contributed by atoms with van der Waals surface area (Å²) in [5, 5.41) is 0. The minimum Gasteiger partial charge on any atom is -0.342 e. The van der Waals surface area contributed by atoms with E-state index in [0.717, 1.165) is 30.9 Å². The first-order valence-electron chi connectivity index (χ1n) is 7.10. The molecule has 1 aromatic heterocycles. The number of nitrogens with one attached hydrogen (secondary N) is 1. The third kappa shape index (κ3) is 4.21. The van der Waals surface area contributed by atoms with Crippen molar-refractivity contribution in [3.63, 3.8) is 0 Å². The quantitative estimate of drug-likeness (QED) is 0.746. The molecule has 102 valence electrons. The molecule has 0 aliphatic rings. The second-order valence-electron chi connectivity index (χ2n) is 5.06. The van der Waals surface area contributed by atoms with E-state index in [2.05, 4.69) is 41.2 Å². The van der Waals surface area contributed by atoms with Crippen molar-refractivity contribution in [3.05, 3.63) is 41.9 Å². The SMILES string of the molecule is Cc1ccc(-c2cnc(CCCCCCN)[nH]2)cc1. The molecule has 0 spiro atoms. The van der Waals surface area contributed by atoms with Crippen LogP contribution in [-0.4, -0.2) is 16.5 Å². The molecule has 19 heavy (non-hydrogen) atoms. The highest BCUT2D eigenvalue weighted by Gasteiger charge is 2.03. The van der Waals surface area contributed by atoms with Crippen molar-refractivity contribution in [1.29, 1.82) is 0 Å². The Kier molecular flexibility index (Phi) is 5.16. The molecule has 0 atom stereocenters. The van der Waals surface area contributed by atoms with Gasteiger partial charge in [-0.25, -0.2) is 4.98 Å². The van der Waals surface area contributed by atoms with Gasteiger partial charge in [-0.05, 0) is 31.9 Å². The van der Waals surface area contributed by atoms with Gasteiger partial charge in [0.1, 0.15) is 5.82 Å². The molecule has 3 N–H and O–H groups in total. The Balaban J connectivity index is 1.86. The van der Waals surface area contributed by atoms with Crippen molar-refractivity contribution >= 4 is 0 Å². The summed E-state index contributed by atoms with van der Waals surface area (Å²) in [5.41, 5.74) is 9.07. The van der Waals surface area contributed by atoms with Crippen LogP contribution < -0.4 is 5.73 Å². The Hall–Kier alpha value is -1.61. The number of aryl methyl sites for hydroxylation is 2. The van der Waals surface area contributed by atoms with Crippen LogP contribution in [0.4, 0.5) is 0 Å². The molecule has 0 aliphatic heterocycles. The Morgan fingerprint density at radius 2 is 1.79 bits per heavy atom. The fraction of sp³-hybridized carbons (Fsp3) is 0.438. The molecule has 1 aromatic carbocycles. The van der Waals surface area contributed by atoms with E-state index in [0.29, 0.717) is 0 Å². The van der Waals surface area contributed by atoms with Crippen molar-refractivity contribution < 1.29 is 0 Å². The number of hydrogen-bond donors (Lipinski definition) is 2. The van der Waals surface area contributed by atoms with E-state index in [1.165, 1.54) is 30.4 Å². The second kappa shape index (κ2) is 7.10. The van der Waals surface area contributed by atoms with Crippen LogP contribution in [0, 0.1) is 6.92 Å². The number of imidazole rings is 1. The van der Waals surface area contributed by atoms with Crippen molar-refractivity contribution in [2.45, 2.75) is 39.0 Å². The molecule has 1 heterocycles. The number of nitrogens with two attached hydrogens (primary N) is 1. The fourth-order valence-corrected chi connectivity index (χ4v) is 2.16. The highest BCUT2D eigenvalue weighted by Crippen LogP contribution is 2.18. The molecule has 3 heteroatoms. The molecule has 0 radical (unpaired) electrons. The summed E-state index contributed by atoms with van der Waals surface area (Å²) in [7, 11) is 0. The smallest absolute Gasteiger partial charge is 0.106 e. The first-order chi connectivity index (χ1) is 9.29. The molecule has 0 unspecified atom stereocenters. The van der Waals surface area contributed by atoms with Gasteiger partial charge in [-0.1, -0.05) is 42.7 Å². The van der Waals surface area contributed by atoms with Gasteiger partial charge in [0.15, 0.2) is 0 Å². The zero-order chi connectivity index (χ0) is 13.5. The number of unbranched alkanes of at least 4 members (excludes halogenated alkanes) is 3. The second-order valence-corrected chi connectivity index (χ2v) is 5.06. The fourth-order valence-electron chi connectivity index (χ4n) is 2.16. The van der Waals surface area contributed by atoms with E-state index in [1.807, 2.05) is 6.20 Å². The maximum atomic E-state index is 5.48. The highest BCUT2D eigenvalue weighted by molar-refractivity contribution is 5.58. The Morgan fingerprint density at radius 1 is 1.05 bits per heavy atom. The van der Waals surface area contributed by atoms with Gasteiger partial charge in [0.2, 0.25) is 0 Å². The molecular formula is C16H23N3. The number of nitrogens with zero attached hydrogens (tertiary/aromatic N) is 1. The average Bonchev–Trinajstić information content (AvgIpc) is 2.88. The Bertz CT molecular complexity index is 485. The van der Waals surface area contributed by atoms with Gasteiger partial charge in [-0.3, -0.25) is 0 Å². The molecule has 0 bridgehead atoms. The van der Waals surface area contributed by atoms with Crippen LogP contribution in [0.1, 0.15) is 37.1 Å². The van der Waals surface area contributed by atoms with Gasteiger partial charge in [-0.2, -0.15) is 0 Å². The van der Waals surface area contributed by atoms with E-state index < -0.39 is 0 Å². The average molecular weight is 257 g/mol. The number of aromatic nitrogens is 2. The van der Waals surface area contributed by atoms with Gasteiger partial charge in [-0.15, -0.1) is 0 Å². The van der Waals surface area contributed by atoms with Crippen LogP contribution in [0.2, 0.25) is 0 Å². The van der Waals surface area contributed by atoms with Crippen molar-refractivity contribution in [2.24, 2.45) is 5.73 Å². The molecule has 0 saturated carbocycles. The summed E-state index contributed by atoms with van der Waals surface area (Å²) in [6.07, 6.45) is 7.73. The lowest BCUT2D eigenvalue weighted by molar-refractivity contribution is 0.638. The standard InChI is InChI=1S/C16H23N3/c1-13-7-9-14(10-8-13)15-12-18-16(19-15)6-4-2-3-5-11-17/h7-10,12H,2-6,11,17H2,1H3,(H,18,19). The Morgan fingerprint density at radius 3 is 2.53 bits per heavy atom. The number of benzene rings is 1. The first kappa shape index (κ1) is 13.8. The number of H-pyrrole nitrogens is 1. The van der Waals surface area contributed by atoms with E-state index in [-0.39, 0.29) is 0 Å². The minimum absolute atomic E-state index is 0.804. The molecular weight excluding hydrogens is 234 g/mol. The molecule has 3 nitrogen and oxygen atoms in total. The zero-order valence-corrected chi connectivity index (χ0v) is 11.7. The lowest BCUT2D eigenvalue weighted by atomic mass is 10.1. The predicted molar refractivity (Wildman–Crippen MR) is 80.0 cm³/mol. The summed E-state index contributed by atoms with van der Waals surface area (Å²) in [6.45, 7) is 2.90.